The standard InChI is InChI=1S/C34H38FN3O6/c1-22-9-14-28(27(35)19-22)37-33(38(3)4)32(34(40)36-20-24-10-12-25(41-5)13-11-24)31(15-17-39)44-30-8-6-7-29(23(30)2)43-26-16-18-42-21-26/h6-15,17,19,26,37H,16,18,20-21H2,1-5H3,(H,36,40)/b31-15+,33-32+. The van der Waals surface area contributed by atoms with Gasteiger partial charge in [0.05, 0.1) is 26.0 Å². The molecule has 1 aliphatic heterocycles. The van der Waals surface area contributed by atoms with Crippen molar-refractivity contribution in [2.24, 2.45) is 0 Å². The molecule has 9 nitrogen and oxygen atoms in total. The van der Waals surface area contributed by atoms with Gasteiger partial charge in [0.25, 0.3) is 5.91 Å². The molecule has 232 valence electrons. The highest BCUT2D eigenvalue weighted by molar-refractivity contribution is 5.99. The van der Waals surface area contributed by atoms with Crippen LogP contribution in [-0.4, -0.2) is 57.6 Å². The van der Waals surface area contributed by atoms with Gasteiger partial charge < -0.3 is 34.5 Å². The van der Waals surface area contributed by atoms with Crippen LogP contribution in [0.1, 0.15) is 23.1 Å². The zero-order valence-corrected chi connectivity index (χ0v) is 25.6. The van der Waals surface area contributed by atoms with Crippen molar-refractivity contribution < 1.29 is 32.9 Å². The van der Waals surface area contributed by atoms with Gasteiger partial charge in [0.1, 0.15) is 52.6 Å². The summed E-state index contributed by atoms with van der Waals surface area (Å²) >= 11 is 0. The van der Waals surface area contributed by atoms with Gasteiger partial charge in [-0.15, -0.1) is 0 Å². The van der Waals surface area contributed by atoms with E-state index in [1.807, 2.05) is 25.1 Å². The maximum Gasteiger partial charge on any atom is 0.259 e. The molecule has 0 spiro atoms. The molecular weight excluding hydrogens is 565 g/mol. The van der Waals surface area contributed by atoms with E-state index in [1.54, 1.807) is 69.4 Å². The molecule has 3 aromatic rings. The predicted octanol–water partition coefficient (Wildman–Crippen LogP) is 5.28. The highest BCUT2D eigenvalue weighted by atomic mass is 19.1. The molecule has 0 aromatic heterocycles. The summed E-state index contributed by atoms with van der Waals surface area (Å²) in [5, 5.41) is 5.95. The van der Waals surface area contributed by atoms with E-state index in [0.29, 0.717) is 42.3 Å². The molecule has 1 saturated heterocycles. The molecule has 0 saturated carbocycles. The Hall–Kier alpha value is -4.83. The lowest BCUT2D eigenvalue weighted by Gasteiger charge is -2.25. The lowest BCUT2D eigenvalue weighted by molar-refractivity contribution is -0.117. The number of methoxy groups -OCH3 is 1. The van der Waals surface area contributed by atoms with Crippen molar-refractivity contribution in [1.29, 1.82) is 0 Å². The quantitative estimate of drug-likeness (QED) is 0.118. The molecule has 1 unspecified atom stereocenters. The average Bonchev–Trinajstić information content (AvgIpc) is 3.52. The number of carbonyl (C=O) groups excluding carboxylic acids is 2. The van der Waals surface area contributed by atoms with Crippen LogP contribution >= 0.6 is 0 Å². The van der Waals surface area contributed by atoms with Crippen LogP contribution in [0.25, 0.3) is 0 Å². The van der Waals surface area contributed by atoms with Crippen molar-refractivity contribution in [3.8, 4) is 17.2 Å². The summed E-state index contributed by atoms with van der Waals surface area (Å²) < 4.78 is 38.1. The summed E-state index contributed by atoms with van der Waals surface area (Å²) in [6.45, 7) is 4.92. The first-order valence-corrected chi connectivity index (χ1v) is 14.2. The first-order chi connectivity index (χ1) is 21.2. The first-order valence-electron chi connectivity index (χ1n) is 14.2. The Kier molecular flexibility index (Phi) is 11.0. The molecule has 1 atom stereocenters. The number of carbonyl (C=O) groups is 2. The van der Waals surface area contributed by atoms with Crippen molar-refractivity contribution in [2.45, 2.75) is 32.9 Å². The summed E-state index contributed by atoms with van der Waals surface area (Å²) in [4.78, 5) is 27.5. The number of aldehydes is 1. The number of hydrogen-bond acceptors (Lipinski definition) is 8. The fourth-order valence-corrected chi connectivity index (χ4v) is 4.56. The number of rotatable bonds is 13. The van der Waals surface area contributed by atoms with Gasteiger partial charge in [-0.05, 0) is 61.4 Å². The third-order valence-corrected chi connectivity index (χ3v) is 7.00. The molecule has 3 aromatic carbocycles. The van der Waals surface area contributed by atoms with E-state index in [2.05, 4.69) is 10.6 Å². The molecule has 1 aliphatic rings. The van der Waals surface area contributed by atoms with E-state index >= 15 is 0 Å². The Balaban J connectivity index is 1.74. The summed E-state index contributed by atoms with van der Waals surface area (Å²) in [7, 11) is 4.98. The summed E-state index contributed by atoms with van der Waals surface area (Å²) in [5.41, 5.74) is 2.38. The molecule has 0 aliphatic carbocycles. The monoisotopic (exact) mass is 603 g/mol. The van der Waals surface area contributed by atoms with Crippen molar-refractivity contribution in [1.82, 2.24) is 10.2 Å². The van der Waals surface area contributed by atoms with Crippen molar-refractivity contribution >= 4 is 17.9 Å². The molecule has 0 radical (unpaired) electrons. The van der Waals surface area contributed by atoms with Crippen molar-refractivity contribution in [3.05, 3.63) is 106 Å². The van der Waals surface area contributed by atoms with E-state index in [4.69, 9.17) is 18.9 Å². The molecule has 10 heteroatoms. The van der Waals surface area contributed by atoms with Gasteiger partial charge in [-0.25, -0.2) is 4.39 Å². The van der Waals surface area contributed by atoms with E-state index in [1.165, 1.54) is 6.07 Å². The third-order valence-electron chi connectivity index (χ3n) is 7.00. The minimum absolute atomic E-state index is 0.00880. The van der Waals surface area contributed by atoms with Gasteiger partial charge in [-0.3, -0.25) is 9.59 Å². The number of amides is 1. The summed E-state index contributed by atoms with van der Waals surface area (Å²) in [6.07, 6.45) is 2.39. The van der Waals surface area contributed by atoms with E-state index in [9.17, 15) is 14.0 Å². The highest BCUT2D eigenvalue weighted by Gasteiger charge is 2.26. The number of allylic oxidation sites excluding steroid dienone is 1. The summed E-state index contributed by atoms with van der Waals surface area (Å²) in [6, 6.07) is 17.3. The number of nitrogens with one attached hydrogen (secondary N) is 2. The van der Waals surface area contributed by atoms with Gasteiger partial charge in [-0.1, -0.05) is 24.3 Å². The maximum absolute atomic E-state index is 15.0. The van der Waals surface area contributed by atoms with Crippen LogP contribution in [-0.2, 0) is 20.9 Å². The number of anilines is 1. The van der Waals surface area contributed by atoms with Crippen molar-refractivity contribution in [3.63, 3.8) is 0 Å². The van der Waals surface area contributed by atoms with Crippen molar-refractivity contribution in [2.75, 3.05) is 39.7 Å². The number of aryl methyl sites for hydroxylation is 1. The van der Waals surface area contributed by atoms with Gasteiger partial charge >= 0.3 is 0 Å². The average molecular weight is 604 g/mol. The van der Waals surface area contributed by atoms with Gasteiger partial charge in [0.15, 0.2) is 0 Å². The maximum atomic E-state index is 15.0. The lowest BCUT2D eigenvalue weighted by atomic mass is 10.1. The zero-order valence-electron chi connectivity index (χ0n) is 25.6. The fourth-order valence-electron chi connectivity index (χ4n) is 4.56. The highest BCUT2D eigenvalue weighted by Crippen LogP contribution is 2.32. The van der Waals surface area contributed by atoms with E-state index in [-0.39, 0.29) is 35.5 Å². The Morgan fingerprint density at radius 3 is 2.48 bits per heavy atom. The number of halogens is 1. The second-order valence-corrected chi connectivity index (χ2v) is 10.5. The first kappa shape index (κ1) is 32.1. The molecule has 1 fully saturated rings. The Labute approximate surface area is 257 Å². The second-order valence-electron chi connectivity index (χ2n) is 10.5. The summed E-state index contributed by atoms with van der Waals surface area (Å²) in [5.74, 6) is 0.792. The molecule has 2 N–H and O–H groups in total. The molecular formula is C34H38FN3O6. The van der Waals surface area contributed by atoms with Gasteiger partial charge in [0, 0.05) is 38.7 Å². The van der Waals surface area contributed by atoms with Crippen LogP contribution in [0.4, 0.5) is 10.1 Å². The topological polar surface area (TPSA) is 98.4 Å². The molecule has 1 heterocycles. The molecule has 1 amide bonds. The number of benzene rings is 3. The van der Waals surface area contributed by atoms with Crippen LogP contribution in [0, 0.1) is 19.7 Å². The van der Waals surface area contributed by atoms with Crippen LogP contribution in [0.5, 0.6) is 17.2 Å². The minimum Gasteiger partial charge on any atom is -0.497 e. The lowest BCUT2D eigenvalue weighted by Crippen LogP contribution is -2.32. The van der Waals surface area contributed by atoms with E-state index < -0.39 is 11.7 Å². The Morgan fingerprint density at radius 1 is 1.09 bits per heavy atom. The van der Waals surface area contributed by atoms with Crippen LogP contribution in [0.2, 0.25) is 0 Å². The second kappa shape index (κ2) is 15.1. The molecule has 4 rings (SSSR count). The number of ether oxygens (including phenoxy) is 4. The molecule has 0 bridgehead atoms. The van der Waals surface area contributed by atoms with Crippen LogP contribution in [0.3, 0.4) is 0 Å². The zero-order chi connectivity index (χ0) is 31.6. The Bertz CT molecular complexity index is 1530. The van der Waals surface area contributed by atoms with Crippen LogP contribution < -0.4 is 24.8 Å². The fraction of sp³-hybridized carbons (Fsp3) is 0.294. The van der Waals surface area contributed by atoms with Gasteiger partial charge in [-0.2, -0.15) is 0 Å². The van der Waals surface area contributed by atoms with Gasteiger partial charge in [0.2, 0.25) is 0 Å². The molecule has 44 heavy (non-hydrogen) atoms. The number of nitrogens with zero attached hydrogens (tertiary/aromatic N) is 1. The normalized spacial score (nSPS) is 15.2. The third kappa shape index (κ3) is 8.17. The minimum atomic E-state index is -0.550. The predicted molar refractivity (Wildman–Crippen MR) is 166 cm³/mol. The smallest absolute Gasteiger partial charge is 0.259 e. The largest absolute Gasteiger partial charge is 0.497 e. The van der Waals surface area contributed by atoms with Crippen LogP contribution in [0.15, 0.2) is 83.9 Å². The SMILES string of the molecule is COc1ccc(CNC(=O)C(/C(=C\C=O)Oc2cccc(OC3CCOC3)c2C)=C(\Nc2ccc(C)cc2F)N(C)C)cc1. The number of hydrogen-bond donors (Lipinski definition) is 2. The Morgan fingerprint density at radius 2 is 1.84 bits per heavy atom. The van der Waals surface area contributed by atoms with E-state index in [0.717, 1.165) is 23.6 Å².